The minimum atomic E-state index is -4.21. The molecule has 2 aromatic carbocycles. The van der Waals surface area contributed by atoms with Crippen molar-refractivity contribution < 1.29 is 32.6 Å². The third-order valence-corrected chi connectivity index (χ3v) is 8.91. The Bertz CT molecular complexity index is 1390. The Morgan fingerprint density at radius 3 is 2.36 bits per heavy atom. The fourth-order valence-electron chi connectivity index (χ4n) is 4.23. The van der Waals surface area contributed by atoms with Crippen LogP contribution in [0.2, 0.25) is 0 Å². The number of anilines is 1. The number of sulfonamides is 1. The van der Waals surface area contributed by atoms with Gasteiger partial charge in [-0.3, -0.25) is 4.72 Å². The van der Waals surface area contributed by atoms with E-state index >= 15 is 0 Å². The molecule has 0 aliphatic heterocycles. The number of nitrogens with one attached hydrogen (secondary N) is 1. The predicted octanol–water partition coefficient (Wildman–Crippen LogP) is 5.24. The zero-order valence-corrected chi connectivity index (χ0v) is 21.7. The number of aromatic nitrogens is 1. The van der Waals surface area contributed by atoms with E-state index in [-0.39, 0.29) is 21.9 Å². The first-order valence-corrected chi connectivity index (χ1v) is 13.6. The molecule has 1 saturated carbocycles. The molecule has 3 aromatic rings. The molecule has 0 spiro atoms. The summed E-state index contributed by atoms with van der Waals surface area (Å²) >= 11 is 1.12. The van der Waals surface area contributed by atoms with E-state index in [9.17, 15) is 22.7 Å². The molecule has 8 nitrogen and oxygen atoms in total. The summed E-state index contributed by atoms with van der Waals surface area (Å²) in [6.07, 6.45) is 3.23. The molecule has 36 heavy (non-hydrogen) atoms. The van der Waals surface area contributed by atoms with Gasteiger partial charge in [-0.05, 0) is 42.7 Å². The molecule has 1 fully saturated rings. The second-order valence-corrected chi connectivity index (χ2v) is 12.2. The van der Waals surface area contributed by atoms with Crippen molar-refractivity contribution in [3.8, 4) is 16.3 Å². The van der Waals surface area contributed by atoms with Gasteiger partial charge in [0.05, 0.1) is 24.0 Å². The van der Waals surface area contributed by atoms with Crippen LogP contribution in [0.15, 0.2) is 46.8 Å². The van der Waals surface area contributed by atoms with E-state index in [1.165, 1.54) is 12.5 Å². The maximum absolute atomic E-state index is 14.1. The van der Waals surface area contributed by atoms with Crippen LogP contribution < -0.4 is 9.46 Å². The SMILES string of the molecule is COc1cc(C(=O)O)c(F)cc1NS(=O)(=O)c1csc(-c2ccc(C3(O)CCC(C)(C)CC3)cc2)n1. The maximum atomic E-state index is 14.1. The maximum Gasteiger partial charge on any atom is 0.338 e. The average Bonchev–Trinajstić information content (AvgIpc) is 3.33. The summed E-state index contributed by atoms with van der Waals surface area (Å²) in [5.41, 5.74) is -0.0264. The number of ether oxygens (including phenoxy) is 1. The lowest BCUT2D eigenvalue weighted by Crippen LogP contribution is -2.34. The normalized spacial score (nSPS) is 16.9. The van der Waals surface area contributed by atoms with Gasteiger partial charge in [-0.25, -0.2) is 14.2 Å². The number of hydrogen-bond acceptors (Lipinski definition) is 7. The van der Waals surface area contributed by atoms with Gasteiger partial charge in [0.25, 0.3) is 10.0 Å². The Kier molecular flexibility index (Phi) is 6.84. The van der Waals surface area contributed by atoms with Crippen LogP contribution in [0.5, 0.6) is 5.75 Å². The number of aromatic carboxylic acids is 1. The Labute approximate surface area is 212 Å². The summed E-state index contributed by atoms with van der Waals surface area (Å²) in [4.78, 5) is 15.4. The number of aliphatic hydroxyl groups is 1. The molecule has 0 saturated heterocycles. The van der Waals surface area contributed by atoms with Gasteiger partial charge < -0.3 is 14.9 Å². The summed E-state index contributed by atoms with van der Waals surface area (Å²) in [6.45, 7) is 4.41. The summed E-state index contributed by atoms with van der Waals surface area (Å²) in [7, 11) is -3.00. The highest BCUT2D eigenvalue weighted by Gasteiger charge is 2.37. The smallest absolute Gasteiger partial charge is 0.338 e. The van der Waals surface area contributed by atoms with Gasteiger partial charge in [0.15, 0.2) is 5.03 Å². The molecule has 1 aliphatic carbocycles. The van der Waals surface area contributed by atoms with Gasteiger partial charge in [-0.15, -0.1) is 11.3 Å². The molecule has 1 heterocycles. The van der Waals surface area contributed by atoms with Gasteiger partial charge in [0.1, 0.15) is 16.6 Å². The number of carboxylic acids is 1. The van der Waals surface area contributed by atoms with Crippen LogP contribution in [0.1, 0.15) is 55.5 Å². The van der Waals surface area contributed by atoms with Crippen molar-refractivity contribution in [2.45, 2.75) is 50.2 Å². The minimum absolute atomic E-state index is 0.146. The number of halogens is 1. The number of hydrogen-bond donors (Lipinski definition) is 3. The standard InChI is InChI=1S/C25H27FN2O6S2/c1-24(2)8-10-25(31,11-9-24)16-6-4-15(5-7-16)22-27-21(14-35-22)36(32,33)28-19-13-18(26)17(23(29)30)12-20(19)34-3/h4-7,12-14,28,31H,8-11H2,1-3H3,(H,29,30). The Hall–Kier alpha value is -3.02. The van der Waals surface area contributed by atoms with Crippen LogP contribution in [-0.2, 0) is 15.6 Å². The third kappa shape index (κ3) is 5.23. The molecule has 1 aliphatic rings. The molecular formula is C25H27FN2O6S2. The van der Waals surface area contributed by atoms with Crippen molar-refractivity contribution in [1.82, 2.24) is 4.98 Å². The van der Waals surface area contributed by atoms with E-state index in [1.54, 1.807) is 12.1 Å². The molecule has 192 valence electrons. The quantitative estimate of drug-likeness (QED) is 0.378. The van der Waals surface area contributed by atoms with Crippen molar-refractivity contribution >= 4 is 33.0 Å². The number of nitrogens with zero attached hydrogens (tertiary/aromatic N) is 1. The van der Waals surface area contributed by atoms with E-state index in [4.69, 9.17) is 9.84 Å². The topological polar surface area (TPSA) is 126 Å². The minimum Gasteiger partial charge on any atom is -0.495 e. The van der Waals surface area contributed by atoms with E-state index in [2.05, 4.69) is 23.6 Å². The van der Waals surface area contributed by atoms with Gasteiger partial charge in [0.2, 0.25) is 0 Å². The van der Waals surface area contributed by atoms with Gasteiger partial charge in [-0.1, -0.05) is 38.1 Å². The molecule has 0 atom stereocenters. The largest absolute Gasteiger partial charge is 0.495 e. The first-order chi connectivity index (χ1) is 16.8. The van der Waals surface area contributed by atoms with Crippen molar-refractivity contribution in [2.24, 2.45) is 5.41 Å². The van der Waals surface area contributed by atoms with Gasteiger partial charge >= 0.3 is 5.97 Å². The highest BCUT2D eigenvalue weighted by atomic mass is 32.2. The molecule has 0 bridgehead atoms. The second-order valence-electron chi connectivity index (χ2n) is 9.71. The monoisotopic (exact) mass is 534 g/mol. The summed E-state index contributed by atoms with van der Waals surface area (Å²) in [6, 6.07) is 8.96. The van der Waals surface area contributed by atoms with E-state index < -0.39 is 33.0 Å². The van der Waals surface area contributed by atoms with Gasteiger partial charge in [0, 0.05) is 17.0 Å². The summed E-state index contributed by atoms with van der Waals surface area (Å²) < 4.78 is 47.2. The molecule has 0 radical (unpaired) electrons. The molecular weight excluding hydrogens is 507 g/mol. The van der Waals surface area contributed by atoms with Crippen molar-refractivity contribution in [1.29, 1.82) is 0 Å². The van der Waals surface area contributed by atoms with Crippen molar-refractivity contribution in [2.75, 3.05) is 11.8 Å². The van der Waals surface area contributed by atoms with Crippen LogP contribution in [0, 0.1) is 11.2 Å². The number of carboxylic acid groups (broad SMARTS) is 1. The Morgan fingerprint density at radius 1 is 1.14 bits per heavy atom. The molecule has 0 unspecified atom stereocenters. The Balaban J connectivity index is 1.54. The van der Waals surface area contributed by atoms with Crippen LogP contribution in [0.4, 0.5) is 10.1 Å². The van der Waals surface area contributed by atoms with Crippen LogP contribution >= 0.6 is 11.3 Å². The highest BCUT2D eigenvalue weighted by Crippen LogP contribution is 2.45. The number of carbonyl (C=O) groups is 1. The number of benzene rings is 2. The second kappa shape index (κ2) is 9.45. The van der Waals surface area contributed by atoms with E-state index in [0.29, 0.717) is 23.4 Å². The zero-order valence-electron chi connectivity index (χ0n) is 20.0. The van der Waals surface area contributed by atoms with Crippen LogP contribution in [-0.4, -0.2) is 36.7 Å². The van der Waals surface area contributed by atoms with E-state index in [0.717, 1.165) is 41.9 Å². The third-order valence-electron chi connectivity index (χ3n) is 6.62. The first-order valence-electron chi connectivity index (χ1n) is 11.3. The zero-order chi connectivity index (χ0) is 26.3. The summed E-state index contributed by atoms with van der Waals surface area (Å²) in [5, 5.41) is 21.7. The van der Waals surface area contributed by atoms with Crippen molar-refractivity contribution in [3.63, 3.8) is 0 Å². The van der Waals surface area contributed by atoms with Crippen molar-refractivity contribution in [3.05, 3.63) is 58.7 Å². The molecule has 3 N–H and O–H groups in total. The highest BCUT2D eigenvalue weighted by molar-refractivity contribution is 7.92. The lowest BCUT2D eigenvalue weighted by molar-refractivity contribution is -0.0305. The van der Waals surface area contributed by atoms with E-state index in [1.807, 2.05) is 12.1 Å². The van der Waals surface area contributed by atoms with Crippen LogP contribution in [0.25, 0.3) is 10.6 Å². The Morgan fingerprint density at radius 2 is 1.78 bits per heavy atom. The fraction of sp³-hybridized carbons (Fsp3) is 0.360. The number of rotatable bonds is 7. The molecule has 11 heteroatoms. The first kappa shape index (κ1) is 26.1. The van der Waals surface area contributed by atoms with Gasteiger partial charge in [-0.2, -0.15) is 8.42 Å². The lowest BCUT2D eigenvalue weighted by Gasteiger charge is -2.40. The predicted molar refractivity (Wildman–Crippen MR) is 134 cm³/mol. The molecule has 0 amide bonds. The molecule has 1 aromatic heterocycles. The fourth-order valence-corrected chi connectivity index (χ4v) is 6.39. The van der Waals surface area contributed by atoms with Crippen LogP contribution in [0.3, 0.4) is 0 Å². The summed E-state index contributed by atoms with van der Waals surface area (Å²) in [5.74, 6) is -2.76. The lowest BCUT2D eigenvalue weighted by atomic mass is 9.69. The number of thiazole rings is 1. The average molecular weight is 535 g/mol. The molecule has 4 rings (SSSR count). The number of methoxy groups -OCH3 is 1.